The molecular formula is C25H26N4O3. The van der Waals surface area contributed by atoms with Crippen LogP contribution in [-0.4, -0.2) is 33.7 Å². The monoisotopic (exact) mass is 430 g/mol. The van der Waals surface area contributed by atoms with Crippen LogP contribution in [0.4, 0.5) is 0 Å². The van der Waals surface area contributed by atoms with Crippen molar-refractivity contribution in [2.45, 2.75) is 25.8 Å². The number of fused-ring (bicyclic) bond motifs is 1. The van der Waals surface area contributed by atoms with Gasteiger partial charge in [-0.05, 0) is 30.2 Å². The van der Waals surface area contributed by atoms with Crippen LogP contribution >= 0.6 is 0 Å². The highest BCUT2D eigenvalue weighted by Crippen LogP contribution is 2.23. The SMILES string of the molecule is CC[C@H](C(=O)NCCn1ccn2nc(-c3cccc(OC)c3)cc2c1=O)c1ccccc1. The van der Waals surface area contributed by atoms with Crippen LogP contribution in [0.15, 0.2) is 77.9 Å². The van der Waals surface area contributed by atoms with Crippen LogP contribution in [0, 0.1) is 0 Å². The number of nitrogens with zero attached hydrogens (tertiary/aromatic N) is 3. The minimum atomic E-state index is -0.198. The first kappa shape index (κ1) is 21.4. The van der Waals surface area contributed by atoms with Crippen LogP contribution in [0.1, 0.15) is 24.8 Å². The Labute approximate surface area is 186 Å². The maximum atomic E-state index is 12.9. The van der Waals surface area contributed by atoms with Gasteiger partial charge in [-0.1, -0.05) is 49.4 Å². The first-order valence-electron chi connectivity index (χ1n) is 10.7. The molecule has 7 heteroatoms. The summed E-state index contributed by atoms with van der Waals surface area (Å²) in [4.78, 5) is 25.6. The van der Waals surface area contributed by atoms with E-state index in [0.29, 0.717) is 30.7 Å². The number of carbonyl (C=O) groups is 1. The average Bonchev–Trinajstić information content (AvgIpc) is 3.27. The van der Waals surface area contributed by atoms with E-state index in [9.17, 15) is 9.59 Å². The van der Waals surface area contributed by atoms with Crippen molar-refractivity contribution in [1.82, 2.24) is 19.5 Å². The number of hydrogen-bond donors (Lipinski definition) is 1. The highest BCUT2D eigenvalue weighted by atomic mass is 16.5. The van der Waals surface area contributed by atoms with E-state index in [1.54, 1.807) is 34.7 Å². The van der Waals surface area contributed by atoms with Crippen molar-refractivity contribution in [3.63, 3.8) is 0 Å². The minimum Gasteiger partial charge on any atom is -0.497 e. The fraction of sp³-hybridized carbons (Fsp3) is 0.240. The van der Waals surface area contributed by atoms with E-state index in [1.807, 2.05) is 61.5 Å². The molecule has 0 unspecified atom stereocenters. The smallest absolute Gasteiger partial charge is 0.276 e. The molecule has 0 bridgehead atoms. The van der Waals surface area contributed by atoms with Gasteiger partial charge in [0.1, 0.15) is 11.3 Å². The first-order chi connectivity index (χ1) is 15.6. The molecule has 0 aliphatic heterocycles. The molecule has 2 heterocycles. The molecule has 1 atom stereocenters. The van der Waals surface area contributed by atoms with E-state index in [2.05, 4.69) is 10.4 Å². The normalized spacial score (nSPS) is 11.9. The fourth-order valence-electron chi connectivity index (χ4n) is 3.81. The van der Waals surface area contributed by atoms with Crippen molar-refractivity contribution in [3.8, 4) is 17.0 Å². The molecule has 7 nitrogen and oxygen atoms in total. The average molecular weight is 431 g/mol. The van der Waals surface area contributed by atoms with Gasteiger partial charge in [0.15, 0.2) is 0 Å². The number of rotatable bonds is 8. The summed E-state index contributed by atoms with van der Waals surface area (Å²) in [7, 11) is 1.61. The van der Waals surface area contributed by atoms with E-state index >= 15 is 0 Å². The highest BCUT2D eigenvalue weighted by molar-refractivity contribution is 5.83. The molecule has 0 aliphatic rings. The van der Waals surface area contributed by atoms with Crippen LogP contribution in [0.2, 0.25) is 0 Å². The number of aromatic nitrogens is 3. The number of benzene rings is 2. The standard InChI is InChI=1S/C25H26N4O3/c1-3-21(18-8-5-4-6-9-18)24(30)26-12-13-28-14-15-29-23(25(28)31)17-22(27-29)19-10-7-11-20(16-19)32-2/h4-11,14-17,21H,3,12-13H2,1-2H3,(H,26,30)/t21-/m0/s1. The van der Waals surface area contributed by atoms with Gasteiger partial charge < -0.3 is 14.6 Å². The highest BCUT2D eigenvalue weighted by Gasteiger charge is 2.18. The number of amides is 1. The molecule has 4 rings (SSSR count). The largest absolute Gasteiger partial charge is 0.497 e. The molecule has 32 heavy (non-hydrogen) atoms. The second-order valence-electron chi connectivity index (χ2n) is 7.55. The lowest BCUT2D eigenvalue weighted by Crippen LogP contribution is -2.34. The van der Waals surface area contributed by atoms with Gasteiger partial charge in [0.2, 0.25) is 5.91 Å². The van der Waals surface area contributed by atoms with Crippen LogP contribution in [0.5, 0.6) is 5.75 Å². The fourth-order valence-corrected chi connectivity index (χ4v) is 3.81. The molecule has 1 amide bonds. The molecule has 0 radical (unpaired) electrons. The maximum Gasteiger partial charge on any atom is 0.276 e. The second-order valence-corrected chi connectivity index (χ2v) is 7.55. The lowest BCUT2D eigenvalue weighted by atomic mass is 9.96. The summed E-state index contributed by atoms with van der Waals surface area (Å²) >= 11 is 0. The van der Waals surface area contributed by atoms with Gasteiger partial charge in [0.25, 0.3) is 5.56 Å². The zero-order valence-electron chi connectivity index (χ0n) is 18.2. The van der Waals surface area contributed by atoms with Gasteiger partial charge in [-0.2, -0.15) is 5.10 Å². The maximum absolute atomic E-state index is 12.9. The van der Waals surface area contributed by atoms with Gasteiger partial charge in [0.05, 0.1) is 18.7 Å². The van der Waals surface area contributed by atoms with Crippen LogP contribution in [-0.2, 0) is 11.3 Å². The van der Waals surface area contributed by atoms with Gasteiger partial charge in [-0.15, -0.1) is 0 Å². The quantitative estimate of drug-likeness (QED) is 0.464. The molecular weight excluding hydrogens is 404 g/mol. The molecule has 0 saturated heterocycles. The topological polar surface area (TPSA) is 77.6 Å². The molecule has 4 aromatic rings. The minimum absolute atomic E-state index is 0.0301. The van der Waals surface area contributed by atoms with E-state index in [-0.39, 0.29) is 17.4 Å². The lowest BCUT2D eigenvalue weighted by molar-refractivity contribution is -0.122. The van der Waals surface area contributed by atoms with Gasteiger partial charge in [0, 0.05) is 31.0 Å². The molecule has 0 fully saturated rings. The Kier molecular flexibility index (Phi) is 6.35. The predicted molar refractivity (Wildman–Crippen MR) is 124 cm³/mol. The van der Waals surface area contributed by atoms with Crippen LogP contribution in [0.3, 0.4) is 0 Å². The number of nitrogens with one attached hydrogen (secondary N) is 1. The number of methoxy groups -OCH3 is 1. The van der Waals surface area contributed by atoms with Crippen molar-refractivity contribution in [2.75, 3.05) is 13.7 Å². The van der Waals surface area contributed by atoms with Crippen molar-refractivity contribution >= 4 is 11.4 Å². The van der Waals surface area contributed by atoms with E-state index < -0.39 is 0 Å². The Bertz CT molecular complexity index is 1280. The van der Waals surface area contributed by atoms with Crippen molar-refractivity contribution < 1.29 is 9.53 Å². The molecule has 164 valence electrons. The summed E-state index contributed by atoms with van der Waals surface area (Å²) in [5, 5.41) is 7.48. The predicted octanol–water partition coefficient (Wildman–Crippen LogP) is 3.48. The Hall–Kier alpha value is -3.87. The van der Waals surface area contributed by atoms with Crippen molar-refractivity contribution in [2.24, 2.45) is 0 Å². The van der Waals surface area contributed by atoms with Crippen LogP contribution in [0.25, 0.3) is 16.8 Å². The summed E-state index contributed by atoms with van der Waals surface area (Å²) in [6.45, 7) is 2.75. The summed E-state index contributed by atoms with van der Waals surface area (Å²) in [6.07, 6.45) is 4.16. The first-order valence-corrected chi connectivity index (χ1v) is 10.7. The summed E-state index contributed by atoms with van der Waals surface area (Å²) in [5.41, 5.74) is 2.89. The third-order valence-corrected chi connectivity index (χ3v) is 5.55. The van der Waals surface area contributed by atoms with E-state index in [1.165, 1.54) is 0 Å². The summed E-state index contributed by atoms with van der Waals surface area (Å²) < 4.78 is 8.45. The number of ether oxygens (including phenoxy) is 1. The van der Waals surface area contributed by atoms with E-state index in [4.69, 9.17) is 4.74 Å². The lowest BCUT2D eigenvalue weighted by Gasteiger charge is -2.15. The third kappa shape index (κ3) is 4.42. The summed E-state index contributed by atoms with van der Waals surface area (Å²) in [5.74, 6) is 0.502. The Morgan fingerprint density at radius 1 is 1.09 bits per heavy atom. The Morgan fingerprint density at radius 3 is 2.66 bits per heavy atom. The number of carbonyl (C=O) groups excluding carboxylic acids is 1. The molecule has 2 aromatic heterocycles. The van der Waals surface area contributed by atoms with Gasteiger partial charge >= 0.3 is 0 Å². The van der Waals surface area contributed by atoms with Crippen molar-refractivity contribution in [3.05, 3.63) is 89.0 Å². The zero-order valence-corrected chi connectivity index (χ0v) is 18.2. The van der Waals surface area contributed by atoms with Crippen LogP contribution < -0.4 is 15.6 Å². The number of hydrogen-bond acceptors (Lipinski definition) is 4. The second kappa shape index (κ2) is 9.51. The van der Waals surface area contributed by atoms with Gasteiger partial charge in [-0.3, -0.25) is 9.59 Å². The van der Waals surface area contributed by atoms with Crippen molar-refractivity contribution in [1.29, 1.82) is 0 Å². The molecule has 0 spiro atoms. The molecule has 0 saturated carbocycles. The Balaban J connectivity index is 1.47. The Morgan fingerprint density at radius 2 is 1.91 bits per heavy atom. The molecule has 1 N–H and O–H groups in total. The third-order valence-electron chi connectivity index (χ3n) is 5.55. The summed E-state index contributed by atoms with van der Waals surface area (Å²) in [6, 6.07) is 19.1. The molecule has 0 aliphatic carbocycles. The van der Waals surface area contributed by atoms with Gasteiger partial charge in [-0.25, -0.2) is 4.52 Å². The zero-order chi connectivity index (χ0) is 22.5. The molecule has 2 aromatic carbocycles. The van der Waals surface area contributed by atoms with E-state index in [0.717, 1.165) is 16.9 Å².